The van der Waals surface area contributed by atoms with Crippen molar-refractivity contribution < 1.29 is 0 Å². The minimum absolute atomic E-state index is 0.0607. The smallest absolute Gasteiger partial charge is 0.0772 e. The van der Waals surface area contributed by atoms with Gasteiger partial charge in [0.1, 0.15) is 0 Å². The van der Waals surface area contributed by atoms with Crippen LogP contribution in [0.4, 0.5) is 0 Å². The maximum atomic E-state index is 6.08. The minimum Gasteiger partial charge on any atom is -0.271 e. The third-order valence-electron chi connectivity index (χ3n) is 2.66. The third-order valence-corrected chi connectivity index (χ3v) is 2.98. The number of aromatic nitrogens is 1. The van der Waals surface area contributed by atoms with Crippen LogP contribution in [0.2, 0.25) is 5.02 Å². The number of hydrazine groups is 1. The predicted octanol–water partition coefficient (Wildman–Crippen LogP) is 3.21. The Kier molecular flexibility index (Phi) is 6.38. The predicted molar refractivity (Wildman–Crippen MR) is 68.1 cm³/mol. The van der Waals surface area contributed by atoms with E-state index in [-0.39, 0.29) is 6.04 Å². The van der Waals surface area contributed by atoms with Crippen LogP contribution in [0.3, 0.4) is 0 Å². The van der Waals surface area contributed by atoms with Crippen LogP contribution in [0.1, 0.15) is 50.8 Å². The molecular weight excluding hydrogens is 222 g/mol. The molecule has 1 heterocycles. The highest BCUT2D eigenvalue weighted by molar-refractivity contribution is 6.31. The molecule has 0 amide bonds. The van der Waals surface area contributed by atoms with Crippen molar-refractivity contribution in [1.29, 1.82) is 0 Å². The maximum Gasteiger partial charge on any atom is 0.0772 e. The number of rotatable bonds is 7. The Balaban J connectivity index is 2.51. The number of nitrogens with zero attached hydrogens (tertiary/aromatic N) is 1. The van der Waals surface area contributed by atoms with E-state index in [0.29, 0.717) is 5.02 Å². The van der Waals surface area contributed by atoms with Crippen LogP contribution in [-0.4, -0.2) is 4.98 Å². The highest BCUT2D eigenvalue weighted by Gasteiger charge is 2.13. The van der Waals surface area contributed by atoms with Gasteiger partial charge in [-0.05, 0) is 18.6 Å². The van der Waals surface area contributed by atoms with Crippen molar-refractivity contribution in [1.82, 2.24) is 10.4 Å². The first kappa shape index (κ1) is 13.4. The summed E-state index contributed by atoms with van der Waals surface area (Å²) in [6, 6.07) is 3.74. The van der Waals surface area contributed by atoms with Gasteiger partial charge in [-0.2, -0.15) is 0 Å². The number of hydrogen-bond donors (Lipinski definition) is 2. The lowest BCUT2D eigenvalue weighted by Crippen LogP contribution is -2.28. The molecule has 1 aromatic heterocycles. The van der Waals surface area contributed by atoms with Crippen molar-refractivity contribution in [2.45, 2.75) is 45.1 Å². The lowest BCUT2D eigenvalue weighted by Gasteiger charge is -2.16. The van der Waals surface area contributed by atoms with Gasteiger partial charge in [-0.25, -0.2) is 0 Å². The fourth-order valence-electron chi connectivity index (χ4n) is 1.73. The molecule has 0 aromatic carbocycles. The van der Waals surface area contributed by atoms with E-state index in [1.54, 1.807) is 6.20 Å². The number of nitrogens with two attached hydrogens (primary N) is 1. The standard InChI is InChI=1S/C12H20ClN3/c1-2-3-4-5-8-11(16-14)12-10(13)7-6-9-15-12/h6-7,9,11,16H,2-5,8,14H2,1H3. The van der Waals surface area contributed by atoms with Crippen LogP contribution >= 0.6 is 11.6 Å². The fraction of sp³-hybridized carbons (Fsp3) is 0.583. The monoisotopic (exact) mass is 241 g/mol. The molecular formula is C12H20ClN3. The van der Waals surface area contributed by atoms with Crippen LogP contribution in [0, 0.1) is 0 Å². The van der Waals surface area contributed by atoms with Crippen LogP contribution in [-0.2, 0) is 0 Å². The van der Waals surface area contributed by atoms with E-state index in [0.717, 1.165) is 18.5 Å². The number of unbranched alkanes of at least 4 members (excludes halogenated alkanes) is 3. The molecule has 0 saturated carbocycles. The van der Waals surface area contributed by atoms with Gasteiger partial charge in [-0.1, -0.05) is 44.2 Å². The lowest BCUT2D eigenvalue weighted by molar-refractivity contribution is 0.473. The van der Waals surface area contributed by atoms with E-state index in [4.69, 9.17) is 17.4 Å². The molecule has 0 bridgehead atoms. The Morgan fingerprint density at radius 1 is 1.44 bits per heavy atom. The Hall–Kier alpha value is -0.640. The Morgan fingerprint density at radius 3 is 2.88 bits per heavy atom. The van der Waals surface area contributed by atoms with Gasteiger partial charge < -0.3 is 0 Å². The van der Waals surface area contributed by atoms with Gasteiger partial charge in [0.2, 0.25) is 0 Å². The second-order valence-electron chi connectivity index (χ2n) is 3.94. The minimum atomic E-state index is 0.0607. The van der Waals surface area contributed by atoms with E-state index in [2.05, 4.69) is 17.3 Å². The largest absolute Gasteiger partial charge is 0.271 e. The third kappa shape index (κ3) is 4.08. The molecule has 90 valence electrons. The van der Waals surface area contributed by atoms with Gasteiger partial charge in [-0.3, -0.25) is 16.3 Å². The number of hydrogen-bond acceptors (Lipinski definition) is 3. The van der Waals surface area contributed by atoms with Gasteiger partial charge in [0, 0.05) is 6.20 Å². The average Bonchev–Trinajstić information content (AvgIpc) is 2.31. The van der Waals surface area contributed by atoms with Crippen LogP contribution in [0.15, 0.2) is 18.3 Å². The number of pyridine rings is 1. The van der Waals surface area contributed by atoms with E-state index in [1.165, 1.54) is 19.3 Å². The van der Waals surface area contributed by atoms with E-state index in [1.807, 2.05) is 12.1 Å². The molecule has 1 unspecified atom stereocenters. The Labute approximate surface area is 102 Å². The summed E-state index contributed by atoms with van der Waals surface area (Å²) in [7, 11) is 0. The first-order valence-electron chi connectivity index (χ1n) is 5.86. The molecule has 3 nitrogen and oxygen atoms in total. The van der Waals surface area contributed by atoms with Crippen molar-refractivity contribution >= 4 is 11.6 Å². The normalized spacial score (nSPS) is 12.7. The second kappa shape index (κ2) is 7.60. The summed E-state index contributed by atoms with van der Waals surface area (Å²) in [4.78, 5) is 4.27. The van der Waals surface area contributed by atoms with Crippen molar-refractivity contribution in [3.05, 3.63) is 29.0 Å². The van der Waals surface area contributed by atoms with Gasteiger partial charge in [0.25, 0.3) is 0 Å². The zero-order chi connectivity index (χ0) is 11.8. The van der Waals surface area contributed by atoms with E-state index in [9.17, 15) is 0 Å². The summed E-state index contributed by atoms with van der Waals surface area (Å²) >= 11 is 6.08. The molecule has 0 aliphatic carbocycles. The Morgan fingerprint density at radius 2 is 2.25 bits per heavy atom. The van der Waals surface area contributed by atoms with Gasteiger partial charge in [-0.15, -0.1) is 0 Å². The van der Waals surface area contributed by atoms with Crippen molar-refractivity contribution in [2.75, 3.05) is 0 Å². The number of halogens is 1. The molecule has 0 spiro atoms. The molecule has 16 heavy (non-hydrogen) atoms. The molecule has 0 aliphatic heterocycles. The highest BCUT2D eigenvalue weighted by atomic mass is 35.5. The van der Waals surface area contributed by atoms with Crippen LogP contribution < -0.4 is 11.3 Å². The van der Waals surface area contributed by atoms with E-state index < -0.39 is 0 Å². The molecule has 3 N–H and O–H groups in total. The maximum absolute atomic E-state index is 6.08. The van der Waals surface area contributed by atoms with Crippen LogP contribution in [0.5, 0.6) is 0 Å². The molecule has 1 aromatic rings. The summed E-state index contributed by atoms with van der Waals surface area (Å²) in [5, 5.41) is 0.681. The molecule has 1 rings (SSSR count). The highest BCUT2D eigenvalue weighted by Crippen LogP contribution is 2.23. The summed E-state index contributed by atoms with van der Waals surface area (Å²) in [5.74, 6) is 5.54. The molecule has 0 aliphatic rings. The zero-order valence-corrected chi connectivity index (χ0v) is 10.5. The quantitative estimate of drug-likeness (QED) is 0.438. The second-order valence-corrected chi connectivity index (χ2v) is 4.35. The molecule has 4 heteroatoms. The fourth-order valence-corrected chi connectivity index (χ4v) is 1.98. The van der Waals surface area contributed by atoms with E-state index >= 15 is 0 Å². The molecule has 1 atom stereocenters. The summed E-state index contributed by atoms with van der Waals surface area (Å²) in [6.07, 6.45) is 7.62. The summed E-state index contributed by atoms with van der Waals surface area (Å²) < 4.78 is 0. The zero-order valence-electron chi connectivity index (χ0n) is 9.75. The Bertz CT molecular complexity index is 304. The SMILES string of the molecule is CCCCCCC(NN)c1ncccc1Cl. The van der Waals surface area contributed by atoms with Crippen molar-refractivity contribution in [3.8, 4) is 0 Å². The molecule has 0 radical (unpaired) electrons. The van der Waals surface area contributed by atoms with Gasteiger partial charge in [0.05, 0.1) is 16.8 Å². The summed E-state index contributed by atoms with van der Waals surface area (Å²) in [6.45, 7) is 2.20. The number of nitrogens with one attached hydrogen (secondary N) is 1. The van der Waals surface area contributed by atoms with Gasteiger partial charge >= 0.3 is 0 Å². The molecule has 0 saturated heterocycles. The molecule has 0 fully saturated rings. The van der Waals surface area contributed by atoms with Gasteiger partial charge in [0.15, 0.2) is 0 Å². The van der Waals surface area contributed by atoms with Crippen molar-refractivity contribution in [3.63, 3.8) is 0 Å². The first-order valence-corrected chi connectivity index (χ1v) is 6.24. The lowest BCUT2D eigenvalue weighted by atomic mass is 10.0. The van der Waals surface area contributed by atoms with Crippen LogP contribution in [0.25, 0.3) is 0 Å². The van der Waals surface area contributed by atoms with Crippen molar-refractivity contribution in [2.24, 2.45) is 5.84 Å². The first-order chi connectivity index (χ1) is 7.79. The topological polar surface area (TPSA) is 50.9 Å². The average molecular weight is 242 g/mol. The summed E-state index contributed by atoms with van der Waals surface area (Å²) in [5.41, 5.74) is 3.64.